The van der Waals surface area contributed by atoms with Crippen molar-refractivity contribution in [2.24, 2.45) is 11.8 Å². The Balaban J connectivity index is 3.71. The van der Waals surface area contributed by atoms with Crippen molar-refractivity contribution < 1.29 is 19.1 Å². The minimum Gasteiger partial charge on any atom is -0.381 e. The molecule has 0 aromatic carbocycles. The van der Waals surface area contributed by atoms with E-state index in [9.17, 15) is 9.59 Å². The van der Waals surface area contributed by atoms with E-state index in [1.807, 2.05) is 0 Å². The summed E-state index contributed by atoms with van der Waals surface area (Å²) in [5, 5.41) is 0. The molecular formula is C14H26O4. The summed E-state index contributed by atoms with van der Waals surface area (Å²) in [6.45, 7) is 9.52. The van der Waals surface area contributed by atoms with Crippen LogP contribution >= 0.6 is 0 Å². The standard InChI is InChI=1S/C14H26O4/c1-11(2)14(9-17-7-5-12(3)15)10-18-8-6-13(4)16/h11,14H,5-10H2,1-4H3. The first-order valence-electron chi connectivity index (χ1n) is 6.57. The van der Waals surface area contributed by atoms with Gasteiger partial charge in [0.05, 0.1) is 26.4 Å². The van der Waals surface area contributed by atoms with Crippen LogP contribution in [0, 0.1) is 11.8 Å². The molecular weight excluding hydrogens is 232 g/mol. The lowest BCUT2D eigenvalue weighted by Gasteiger charge is -2.20. The molecule has 0 saturated carbocycles. The fourth-order valence-corrected chi connectivity index (χ4v) is 1.33. The Bertz CT molecular complexity index is 226. The maximum Gasteiger partial charge on any atom is 0.132 e. The van der Waals surface area contributed by atoms with Crippen molar-refractivity contribution in [2.45, 2.75) is 40.5 Å². The predicted molar refractivity (Wildman–Crippen MR) is 70.6 cm³/mol. The first-order valence-corrected chi connectivity index (χ1v) is 6.57. The van der Waals surface area contributed by atoms with Crippen molar-refractivity contribution in [3.8, 4) is 0 Å². The summed E-state index contributed by atoms with van der Waals surface area (Å²) in [6, 6.07) is 0. The van der Waals surface area contributed by atoms with Gasteiger partial charge in [-0.15, -0.1) is 0 Å². The lowest BCUT2D eigenvalue weighted by Crippen LogP contribution is -2.23. The molecule has 0 rings (SSSR count). The van der Waals surface area contributed by atoms with Gasteiger partial charge in [-0.05, 0) is 19.8 Å². The van der Waals surface area contributed by atoms with Crippen LogP contribution in [0.15, 0.2) is 0 Å². The number of carbonyl (C=O) groups is 2. The Hall–Kier alpha value is -0.740. The van der Waals surface area contributed by atoms with Crippen LogP contribution in [0.3, 0.4) is 0 Å². The first-order chi connectivity index (χ1) is 8.43. The molecule has 0 aliphatic rings. The summed E-state index contributed by atoms with van der Waals surface area (Å²) in [6.07, 6.45) is 0.937. The predicted octanol–water partition coefficient (Wildman–Crippen LogP) is 2.25. The molecule has 0 heterocycles. The average molecular weight is 258 g/mol. The van der Waals surface area contributed by atoms with E-state index < -0.39 is 0 Å². The van der Waals surface area contributed by atoms with Crippen molar-refractivity contribution in [3.05, 3.63) is 0 Å². The van der Waals surface area contributed by atoms with Gasteiger partial charge >= 0.3 is 0 Å². The number of ether oxygens (including phenoxy) is 2. The van der Waals surface area contributed by atoms with Crippen LogP contribution in [0.4, 0.5) is 0 Å². The molecule has 18 heavy (non-hydrogen) atoms. The Morgan fingerprint density at radius 2 is 1.28 bits per heavy atom. The third-order valence-electron chi connectivity index (χ3n) is 2.80. The first kappa shape index (κ1) is 17.3. The highest BCUT2D eigenvalue weighted by molar-refractivity contribution is 5.75. The van der Waals surface area contributed by atoms with Crippen LogP contribution in [0.25, 0.3) is 0 Å². The fourth-order valence-electron chi connectivity index (χ4n) is 1.33. The molecule has 0 unspecified atom stereocenters. The molecule has 0 radical (unpaired) electrons. The maximum absolute atomic E-state index is 10.8. The van der Waals surface area contributed by atoms with Gasteiger partial charge < -0.3 is 9.47 Å². The second kappa shape index (κ2) is 10.2. The molecule has 0 bridgehead atoms. The van der Waals surface area contributed by atoms with E-state index in [4.69, 9.17) is 9.47 Å². The minimum absolute atomic E-state index is 0.147. The van der Waals surface area contributed by atoms with Crippen LogP contribution in [0.1, 0.15) is 40.5 Å². The van der Waals surface area contributed by atoms with E-state index in [0.717, 1.165) is 0 Å². The zero-order valence-electron chi connectivity index (χ0n) is 12.0. The SMILES string of the molecule is CC(=O)CCOCC(COCCC(C)=O)C(C)C. The third-order valence-corrected chi connectivity index (χ3v) is 2.80. The van der Waals surface area contributed by atoms with Crippen molar-refractivity contribution in [2.75, 3.05) is 26.4 Å². The third kappa shape index (κ3) is 10.4. The summed E-state index contributed by atoms with van der Waals surface area (Å²) in [4.78, 5) is 21.5. The molecule has 0 aliphatic carbocycles. The Morgan fingerprint density at radius 1 is 0.889 bits per heavy atom. The number of rotatable bonds is 11. The highest BCUT2D eigenvalue weighted by Gasteiger charge is 2.14. The average Bonchev–Trinajstić information content (AvgIpc) is 2.25. The van der Waals surface area contributed by atoms with Gasteiger partial charge in [0, 0.05) is 18.8 Å². The van der Waals surface area contributed by atoms with Crippen LogP contribution in [-0.2, 0) is 19.1 Å². The van der Waals surface area contributed by atoms with Crippen LogP contribution in [0.2, 0.25) is 0 Å². The zero-order valence-corrected chi connectivity index (χ0v) is 12.0. The van der Waals surface area contributed by atoms with Gasteiger partial charge in [-0.3, -0.25) is 9.59 Å². The topological polar surface area (TPSA) is 52.6 Å². The molecule has 0 fully saturated rings. The monoisotopic (exact) mass is 258 g/mol. The summed E-state index contributed by atoms with van der Waals surface area (Å²) in [5.74, 6) is 1.06. The normalized spacial score (nSPS) is 11.2. The van der Waals surface area contributed by atoms with Gasteiger partial charge in [-0.2, -0.15) is 0 Å². The summed E-state index contributed by atoms with van der Waals surface area (Å²) < 4.78 is 11.0. The lowest BCUT2D eigenvalue weighted by atomic mass is 9.98. The molecule has 4 nitrogen and oxygen atoms in total. The van der Waals surface area contributed by atoms with Crippen LogP contribution in [0.5, 0.6) is 0 Å². The van der Waals surface area contributed by atoms with Crippen LogP contribution in [-0.4, -0.2) is 38.0 Å². The Labute approximate surface area is 110 Å². The van der Waals surface area contributed by atoms with E-state index in [-0.39, 0.29) is 11.6 Å². The molecule has 0 spiro atoms. The molecule has 0 aromatic heterocycles. The molecule has 0 N–H and O–H groups in total. The molecule has 0 aliphatic heterocycles. The molecule has 0 saturated heterocycles. The molecule has 0 amide bonds. The van der Waals surface area contributed by atoms with E-state index in [2.05, 4.69) is 13.8 Å². The van der Waals surface area contributed by atoms with Gasteiger partial charge in [0.15, 0.2) is 0 Å². The summed E-state index contributed by atoms with van der Waals surface area (Å²) in [5.41, 5.74) is 0. The Kier molecular flexibility index (Phi) is 9.79. The van der Waals surface area contributed by atoms with E-state index in [1.54, 1.807) is 13.8 Å². The number of hydrogen-bond acceptors (Lipinski definition) is 4. The zero-order chi connectivity index (χ0) is 14.0. The molecule has 106 valence electrons. The van der Waals surface area contributed by atoms with Crippen LogP contribution < -0.4 is 0 Å². The highest BCUT2D eigenvalue weighted by atomic mass is 16.5. The van der Waals surface area contributed by atoms with Gasteiger partial charge in [0.1, 0.15) is 11.6 Å². The number of carbonyl (C=O) groups excluding carboxylic acids is 2. The Morgan fingerprint density at radius 3 is 1.56 bits per heavy atom. The largest absolute Gasteiger partial charge is 0.381 e. The second-order valence-corrected chi connectivity index (χ2v) is 5.06. The second-order valence-electron chi connectivity index (χ2n) is 5.06. The maximum atomic E-state index is 10.8. The smallest absolute Gasteiger partial charge is 0.132 e. The van der Waals surface area contributed by atoms with Gasteiger partial charge in [-0.25, -0.2) is 0 Å². The number of Topliss-reactive ketones (excluding diaryl/α,β-unsaturated/α-hetero) is 2. The summed E-state index contributed by atoms with van der Waals surface area (Å²) in [7, 11) is 0. The van der Waals surface area contributed by atoms with Gasteiger partial charge in [0.25, 0.3) is 0 Å². The molecule has 0 aromatic rings. The lowest BCUT2D eigenvalue weighted by molar-refractivity contribution is -0.118. The van der Waals surface area contributed by atoms with Crippen molar-refractivity contribution in [1.29, 1.82) is 0 Å². The highest BCUT2D eigenvalue weighted by Crippen LogP contribution is 2.12. The quantitative estimate of drug-likeness (QED) is 0.533. The summed E-state index contributed by atoms with van der Waals surface area (Å²) >= 11 is 0. The van der Waals surface area contributed by atoms with E-state index in [0.29, 0.717) is 51.1 Å². The number of hydrogen-bond donors (Lipinski definition) is 0. The number of ketones is 2. The van der Waals surface area contributed by atoms with Gasteiger partial charge in [-0.1, -0.05) is 13.8 Å². The van der Waals surface area contributed by atoms with E-state index >= 15 is 0 Å². The van der Waals surface area contributed by atoms with Crippen molar-refractivity contribution in [1.82, 2.24) is 0 Å². The minimum atomic E-state index is 0.147. The van der Waals surface area contributed by atoms with Gasteiger partial charge in [0.2, 0.25) is 0 Å². The molecule has 4 heteroatoms. The van der Waals surface area contributed by atoms with Crippen molar-refractivity contribution in [3.63, 3.8) is 0 Å². The molecule has 0 atom stereocenters. The van der Waals surface area contributed by atoms with E-state index in [1.165, 1.54) is 0 Å². The van der Waals surface area contributed by atoms with Crippen molar-refractivity contribution >= 4 is 11.6 Å². The fraction of sp³-hybridized carbons (Fsp3) is 0.857.